The van der Waals surface area contributed by atoms with E-state index in [1.54, 1.807) is 0 Å². The Bertz CT molecular complexity index is 299. The van der Waals surface area contributed by atoms with Gasteiger partial charge in [-0.15, -0.1) is 0 Å². The second-order valence-corrected chi connectivity index (χ2v) is 5.77. The highest BCUT2D eigenvalue weighted by atomic mass is 32.2. The molecule has 1 aromatic rings. The van der Waals surface area contributed by atoms with Crippen LogP contribution in [0, 0.1) is 0 Å². The lowest BCUT2D eigenvalue weighted by Crippen LogP contribution is -2.21. The minimum absolute atomic E-state index is 0.0868. The number of thioether (sulfide) groups is 1. The van der Waals surface area contributed by atoms with Gasteiger partial charge in [0.15, 0.2) is 0 Å². The molecule has 2 atom stereocenters. The summed E-state index contributed by atoms with van der Waals surface area (Å²) < 4.78 is 0. The van der Waals surface area contributed by atoms with Gasteiger partial charge >= 0.3 is 0 Å². The van der Waals surface area contributed by atoms with Crippen LogP contribution in [0.2, 0.25) is 0 Å². The number of benzene rings is 1. The minimum Gasteiger partial charge on any atom is -0.392 e. The van der Waals surface area contributed by atoms with Crippen LogP contribution in [0.4, 0.5) is 0 Å². The number of hydrogen-bond donors (Lipinski definition) is 1. The predicted octanol–water partition coefficient (Wildman–Crippen LogP) is 3.61. The normalized spacial score (nSPS) is 26.3. The zero-order valence-corrected chi connectivity index (χ0v) is 10.5. The van der Waals surface area contributed by atoms with Crippen molar-refractivity contribution in [1.82, 2.24) is 0 Å². The fraction of sp³-hybridized carbons (Fsp3) is 0.571. The SMILES string of the molecule is O[C@H]1CCCCCC1SCc1ccccc1. The molecular weight excluding hydrogens is 216 g/mol. The summed E-state index contributed by atoms with van der Waals surface area (Å²) in [7, 11) is 0. The molecule has 0 saturated heterocycles. The third kappa shape index (κ3) is 3.53. The second kappa shape index (κ2) is 6.31. The molecule has 0 bridgehead atoms. The molecule has 2 rings (SSSR count). The number of rotatable bonds is 3. The average molecular weight is 236 g/mol. The largest absolute Gasteiger partial charge is 0.392 e. The van der Waals surface area contributed by atoms with Crippen molar-refractivity contribution in [3.8, 4) is 0 Å². The fourth-order valence-electron chi connectivity index (χ4n) is 2.23. The van der Waals surface area contributed by atoms with Crippen LogP contribution in [0.15, 0.2) is 30.3 Å². The standard InChI is InChI=1S/C14H20OS/c15-13-9-5-2-6-10-14(13)16-11-12-7-3-1-4-8-12/h1,3-4,7-8,13-15H,2,5-6,9-11H2/t13-,14?/m0/s1. The molecule has 88 valence electrons. The van der Waals surface area contributed by atoms with E-state index in [2.05, 4.69) is 30.3 Å². The highest BCUT2D eigenvalue weighted by Crippen LogP contribution is 2.29. The molecule has 16 heavy (non-hydrogen) atoms. The number of aliphatic hydroxyl groups excluding tert-OH is 1. The van der Waals surface area contributed by atoms with Crippen LogP contribution >= 0.6 is 11.8 Å². The fourth-order valence-corrected chi connectivity index (χ4v) is 3.52. The molecular formula is C14H20OS. The van der Waals surface area contributed by atoms with Crippen LogP contribution in [0.5, 0.6) is 0 Å². The molecule has 0 aliphatic heterocycles. The van der Waals surface area contributed by atoms with Gasteiger partial charge < -0.3 is 5.11 Å². The van der Waals surface area contributed by atoms with E-state index >= 15 is 0 Å². The lowest BCUT2D eigenvalue weighted by Gasteiger charge is -2.19. The van der Waals surface area contributed by atoms with Crippen molar-refractivity contribution in [3.05, 3.63) is 35.9 Å². The molecule has 1 unspecified atom stereocenters. The quantitative estimate of drug-likeness (QED) is 0.809. The van der Waals surface area contributed by atoms with E-state index in [1.807, 2.05) is 11.8 Å². The van der Waals surface area contributed by atoms with Crippen LogP contribution in [0.3, 0.4) is 0 Å². The Morgan fingerprint density at radius 3 is 2.62 bits per heavy atom. The van der Waals surface area contributed by atoms with E-state index in [4.69, 9.17) is 0 Å². The van der Waals surface area contributed by atoms with Crippen LogP contribution in [-0.2, 0) is 5.75 Å². The van der Waals surface area contributed by atoms with Crippen LogP contribution in [0.25, 0.3) is 0 Å². The van der Waals surface area contributed by atoms with Crippen molar-refractivity contribution < 1.29 is 5.11 Å². The summed E-state index contributed by atoms with van der Waals surface area (Å²) in [5.41, 5.74) is 1.36. The molecule has 0 amide bonds. The van der Waals surface area contributed by atoms with Gasteiger partial charge in [0.2, 0.25) is 0 Å². The molecule has 0 radical (unpaired) electrons. The molecule has 1 aliphatic carbocycles. The first kappa shape index (κ1) is 12.0. The molecule has 0 heterocycles. The summed E-state index contributed by atoms with van der Waals surface area (Å²) in [5.74, 6) is 1.03. The van der Waals surface area contributed by atoms with Gasteiger partial charge in [-0.2, -0.15) is 11.8 Å². The van der Waals surface area contributed by atoms with E-state index in [1.165, 1.54) is 31.2 Å². The number of hydrogen-bond acceptors (Lipinski definition) is 2. The van der Waals surface area contributed by atoms with Crippen molar-refractivity contribution in [3.63, 3.8) is 0 Å². The molecule has 1 saturated carbocycles. The molecule has 1 nitrogen and oxygen atoms in total. The van der Waals surface area contributed by atoms with Crippen molar-refractivity contribution in [1.29, 1.82) is 0 Å². The van der Waals surface area contributed by atoms with Crippen LogP contribution in [0.1, 0.15) is 37.7 Å². The van der Waals surface area contributed by atoms with Crippen molar-refractivity contribution in [2.75, 3.05) is 0 Å². The molecule has 1 aromatic carbocycles. The first-order chi connectivity index (χ1) is 7.86. The van der Waals surface area contributed by atoms with Gasteiger partial charge in [0.05, 0.1) is 6.10 Å². The monoisotopic (exact) mass is 236 g/mol. The summed E-state index contributed by atoms with van der Waals surface area (Å²) in [6.07, 6.45) is 5.86. The Labute approximate surface area is 102 Å². The maximum Gasteiger partial charge on any atom is 0.0658 e. The molecule has 1 aliphatic rings. The Hall–Kier alpha value is -0.470. The summed E-state index contributed by atoms with van der Waals surface area (Å²) >= 11 is 1.92. The average Bonchev–Trinajstić information content (AvgIpc) is 2.53. The lowest BCUT2D eigenvalue weighted by atomic mass is 10.1. The van der Waals surface area contributed by atoms with Crippen LogP contribution in [-0.4, -0.2) is 16.5 Å². The minimum atomic E-state index is -0.0868. The topological polar surface area (TPSA) is 20.2 Å². The molecule has 2 heteroatoms. The van der Waals surface area contributed by atoms with Gasteiger partial charge in [-0.1, -0.05) is 49.6 Å². The summed E-state index contributed by atoms with van der Waals surface area (Å²) in [5, 5.41) is 10.5. The van der Waals surface area contributed by atoms with Gasteiger partial charge in [0, 0.05) is 11.0 Å². The first-order valence-corrected chi connectivity index (χ1v) is 7.25. The Balaban J connectivity index is 1.84. The molecule has 0 aromatic heterocycles. The Morgan fingerprint density at radius 2 is 1.81 bits per heavy atom. The van der Waals surface area contributed by atoms with Crippen molar-refractivity contribution >= 4 is 11.8 Å². The molecule has 0 spiro atoms. The van der Waals surface area contributed by atoms with Crippen molar-refractivity contribution in [2.24, 2.45) is 0 Å². The van der Waals surface area contributed by atoms with Gasteiger partial charge in [0.25, 0.3) is 0 Å². The first-order valence-electron chi connectivity index (χ1n) is 6.20. The van der Waals surface area contributed by atoms with E-state index in [0.29, 0.717) is 5.25 Å². The highest BCUT2D eigenvalue weighted by molar-refractivity contribution is 7.99. The molecule has 1 N–H and O–H groups in total. The third-order valence-corrected chi connectivity index (χ3v) is 4.70. The van der Waals surface area contributed by atoms with Crippen molar-refractivity contribution in [2.45, 2.75) is 49.2 Å². The van der Waals surface area contributed by atoms with Gasteiger partial charge in [-0.3, -0.25) is 0 Å². The van der Waals surface area contributed by atoms with E-state index in [-0.39, 0.29) is 6.10 Å². The second-order valence-electron chi connectivity index (χ2n) is 4.54. The van der Waals surface area contributed by atoms with Gasteiger partial charge in [0.1, 0.15) is 0 Å². The zero-order valence-electron chi connectivity index (χ0n) is 9.64. The van der Waals surface area contributed by atoms with Crippen LogP contribution < -0.4 is 0 Å². The number of aliphatic hydroxyl groups is 1. The van der Waals surface area contributed by atoms with Gasteiger partial charge in [-0.25, -0.2) is 0 Å². The summed E-state index contributed by atoms with van der Waals surface area (Å²) in [4.78, 5) is 0. The van der Waals surface area contributed by atoms with E-state index in [9.17, 15) is 5.11 Å². The van der Waals surface area contributed by atoms with Gasteiger partial charge in [-0.05, 0) is 18.4 Å². The Kier molecular flexibility index (Phi) is 4.73. The summed E-state index contributed by atoms with van der Waals surface area (Å²) in [6.45, 7) is 0. The highest BCUT2D eigenvalue weighted by Gasteiger charge is 2.21. The third-order valence-electron chi connectivity index (χ3n) is 3.22. The Morgan fingerprint density at radius 1 is 1.06 bits per heavy atom. The maximum absolute atomic E-state index is 10.0. The lowest BCUT2D eigenvalue weighted by molar-refractivity contribution is 0.163. The smallest absolute Gasteiger partial charge is 0.0658 e. The molecule has 1 fully saturated rings. The maximum atomic E-state index is 10.0. The summed E-state index contributed by atoms with van der Waals surface area (Å²) in [6, 6.07) is 10.5. The van der Waals surface area contributed by atoms with E-state index < -0.39 is 0 Å². The predicted molar refractivity (Wildman–Crippen MR) is 70.6 cm³/mol. The zero-order chi connectivity index (χ0) is 11.2. The van der Waals surface area contributed by atoms with E-state index in [0.717, 1.165) is 12.2 Å².